The number of aryl methyl sites for hydroxylation is 1. The molecule has 12 heteroatoms. The molecule has 0 aliphatic heterocycles. The van der Waals surface area contributed by atoms with E-state index in [9.17, 15) is 9.59 Å². The van der Waals surface area contributed by atoms with Crippen LogP contribution in [0.25, 0.3) is 22.3 Å². The maximum Gasteiger partial charge on any atom is 0.409 e. The Balaban J connectivity index is 0.00000305. The highest BCUT2D eigenvalue weighted by Gasteiger charge is 2.31. The summed E-state index contributed by atoms with van der Waals surface area (Å²) in [6, 6.07) is 25.0. The van der Waals surface area contributed by atoms with E-state index in [1.807, 2.05) is 63.2 Å². The Bertz CT molecular complexity index is 2260. The zero-order valence-electron chi connectivity index (χ0n) is 33.3. The molecule has 0 radical (unpaired) electrons. The molecule has 1 atom stereocenters. The fourth-order valence-electron chi connectivity index (χ4n) is 6.39. The lowest BCUT2D eigenvalue weighted by molar-refractivity contribution is -0.142. The molecule has 9 nitrogen and oxygen atoms in total. The van der Waals surface area contributed by atoms with E-state index in [2.05, 4.69) is 34.0 Å². The van der Waals surface area contributed by atoms with E-state index < -0.39 is 23.0 Å². The topological polar surface area (TPSA) is 110 Å². The van der Waals surface area contributed by atoms with Crippen LogP contribution in [0.15, 0.2) is 97.3 Å². The first-order valence-corrected chi connectivity index (χ1v) is 20.2. The minimum atomic E-state index is -0.679. The maximum atomic E-state index is 15.5. The van der Waals surface area contributed by atoms with Crippen LogP contribution in [0.3, 0.4) is 0 Å². The molecule has 57 heavy (non-hydrogen) atoms. The number of imidazole rings is 1. The summed E-state index contributed by atoms with van der Waals surface area (Å²) in [5, 5.41) is 0.615. The minimum Gasteiger partial charge on any atom is -0.466 e. The van der Waals surface area contributed by atoms with Gasteiger partial charge in [-0.3, -0.25) is 4.79 Å². The monoisotopic (exact) mass is 796 g/mol. The molecular weight excluding hydrogens is 747 g/mol. The number of hydrogen-bond donors (Lipinski definition) is 2. The van der Waals surface area contributed by atoms with Crippen LogP contribution < -0.4 is 4.74 Å². The van der Waals surface area contributed by atoms with Gasteiger partial charge in [-0.05, 0) is 68.3 Å². The molecule has 6 aromatic rings. The molecule has 2 aromatic heterocycles. The van der Waals surface area contributed by atoms with Gasteiger partial charge in [0.25, 0.3) is 0 Å². The molecule has 0 aliphatic carbocycles. The van der Waals surface area contributed by atoms with Gasteiger partial charge in [-0.15, -0.1) is 0 Å². The zero-order valence-corrected chi connectivity index (χ0v) is 34.1. The van der Waals surface area contributed by atoms with E-state index in [0.717, 1.165) is 34.6 Å². The summed E-state index contributed by atoms with van der Waals surface area (Å²) >= 11 is 1.73. The largest absolute Gasteiger partial charge is 0.466 e. The van der Waals surface area contributed by atoms with Gasteiger partial charge in [-0.25, -0.2) is 18.6 Å². The summed E-state index contributed by atoms with van der Waals surface area (Å²) in [7, 11) is 1.73. The molecule has 0 bridgehead atoms. The first-order valence-electron chi connectivity index (χ1n) is 19.1. The number of nitrogens with zero attached hydrogens (tertiary/aromatic N) is 2. The standard InChI is InChI=1S/C43H44F2N4O5S.C2H6/c1-5-52-39(50)24-33-32-16-18-46-37(32)25-36(45)40(33)54-31-14-15-35(44)34(23-31)41-47-26-38(48-41)43(3,30-13-9-10-28(2)22-30)17-20-55-21-19-49(4)42(51)53-27-29-11-7-6-8-12-29;1-2/h6-16,18,22-23,25-26,46H,5,17,19-21,24,27H2,1-4H3,(H,47,48);1-2H3. The van der Waals surface area contributed by atoms with E-state index in [1.54, 1.807) is 49.1 Å². The van der Waals surface area contributed by atoms with Crippen LogP contribution in [0.4, 0.5) is 13.6 Å². The molecule has 1 unspecified atom stereocenters. The Labute approximate surface area is 337 Å². The molecule has 1 amide bonds. The average Bonchev–Trinajstić information content (AvgIpc) is 3.91. The van der Waals surface area contributed by atoms with E-state index >= 15 is 8.78 Å². The van der Waals surface area contributed by atoms with Crippen LogP contribution in [0.2, 0.25) is 0 Å². The van der Waals surface area contributed by atoms with Crippen LogP contribution in [-0.4, -0.2) is 63.6 Å². The van der Waals surface area contributed by atoms with Gasteiger partial charge in [0, 0.05) is 65.4 Å². The van der Waals surface area contributed by atoms with Crippen LogP contribution in [0.1, 0.15) is 62.1 Å². The van der Waals surface area contributed by atoms with Crippen LogP contribution in [-0.2, 0) is 32.7 Å². The number of carbonyl (C=O) groups is 2. The number of hydrogen-bond acceptors (Lipinski definition) is 7. The Morgan fingerprint density at radius 1 is 0.930 bits per heavy atom. The molecule has 4 aromatic carbocycles. The van der Waals surface area contributed by atoms with Gasteiger partial charge in [-0.1, -0.05) is 74.0 Å². The summed E-state index contributed by atoms with van der Waals surface area (Å²) in [5.74, 6) is 0.0551. The second-order valence-corrected chi connectivity index (χ2v) is 14.7. The number of carbonyl (C=O) groups excluding carboxylic acids is 2. The SMILES string of the molecule is CC.CCOC(=O)Cc1c(Oc2ccc(F)c(-c3ncc(C(C)(CCSCCN(C)C(=O)OCc4ccccc4)c4cccc(C)c4)[nH]3)c2)c(F)cc2[nH]ccc12. The third-order valence-corrected chi connectivity index (χ3v) is 10.5. The number of amides is 1. The Morgan fingerprint density at radius 2 is 1.72 bits per heavy atom. The molecule has 300 valence electrons. The molecule has 0 spiro atoms. The second-order valence-electron chi connectivity index (χ2n) is 13.5. The predicted molar refractivity (Wildman–Crippen MR) is 223 cm³/mol. The number of rotatable bonds is 16. The van der Waals surface area contributed by atoms with Gasteiger partial charge in [0.2, 0.25) is 0 Å². The molecule has 6 rings (SSSR count). The second kappa shape index (κ2) is 20.0. The van der Waals surface area contributed by atoms with Crippen molar-refractivity contribution >= 4 is 34.7 Å². The first-order chi connectivity index (χ1) is 27.5. The molecule has 0 aliphatic rings. The van der Waals surface area contributed by atoms with Crippen molar-refractivity contribution < 1.29 is 32.6 Å². The third-order valence-electron chi connectivity index (χ3n) is 9.57. The lowest BCUT2D eigenvalue weighted by Crippen LogP contribution is -2.30. The zero-order chi connectivity index (χ0) is 41.0. The summed E-state index contributed by atoms with van der Waals surface area (Å²) in [4.78, 5) is 37.6. The predicted octanol–water partition coefficient (Wildman–Crippen LogP) is 10.8. The number of nitrogens with one attached hydrogen (secondary N) is 2. The highest BCUT2D eigenvalue weighted by Crippen LogP contribution is 2.39. The van der Waals surface area contributed by atoms with Crippen molar-refractivity contribution in [1.82, 2.24) is 19.9 Å². The Kier molecular flexibility index (Phi) is 14.9. The number of fused-ring (bicyclic) bond motifs is 1. The Morgan fingerprint density at radius 3 is 2.47 bits per heavy atom. The van der Waals surface area contributed by atoms with E-state index in [4.69, 9.17) is 14.2 Å². The lowest BCUT2D eigenvalue weighted by atomic mass is 9.77. The van der Waals surface area contributed by atoms with Crippen molar-refractivity contribution in [2.75, 3.05) is 31.7 Å². The van der Waals surface area contributed by atoms with Gasteiger partial charge < -0.3 is 29.1 Å². The molecular formula is C45H50F2N4O5S. The minimum absolute atomic E-state index is 0.141. The number of aromatic amines is 2. The quantitative estimate of drug-likeness (QED) is 0.0741. The number of H-pyrrole nitrogens is 2. The van der Waals surface area contributed by atoms with E-state index in [0.29, 0.717) is 28.8 Å². The first kappa shape index (κ1) is 42.5. The number of halogens is 2. The summed E-state index contributed by atoms with van der Waals surface area (Å²) in [6.07, 6.45) is 3.52. The van der Waals surface area contributed by atoms with Crippen LogP contribution in [0, 0.1) is 18.6 Å². The molecule has 0 saturated heterocycles. The normalized spacial score (nSPS) is 12.0. The highest BCUT2D eigenvalue weighted by atomic mass is 32.2. The van der Waals surface area contributed by atoms with Crippen molar-refractivity contribution in [3.05, 3.63) is 137 Å². The van der Waals surface area contributed by atoms with Gasteiger partial charge in [-0.2, -0.15) is 11.8 Å². The van der Waals surface area contributed by atoms with E-state index in [-0.39, 0.29) is 48.6 Å². The van der Waals surface area contributed by atoms with Gasteiger partial charge >= 0.3 is 12.1 Å². The van der Waals surface area contributed by atoms with Crippen molar-refractivity contribution in [2.24, 2.45) is 0 Å². The van der Waals surface area contributed by atoms with Crippen LogP contribution in [0.5, 0.6) is 11.5 Å². The number of aromatic nitrogens is 3. The maximum absolute atomic E-state index is 15.5. The fraction of sp³-hybridized carbons (Fsp3) is 0.311. The molecule has 2 heterocycles. The highest BCUT2D eigenvalue weighted by molar-refractivity contribution is 7.99. The number of ether oxygens (including phenoxy) is 3. The number of esters is 1. The number of benzene rings is 4. The van der Waals surface area contributed by atoms with Crippen molar-refractivity contribution in [1.29, 1.82) is 0 Å². The van der Waals surface area contributed by atoms with Crippen molar-refractivity contribution in [3.8, 4) is 22.9 Å². The average molecular weight is 797 g/mol. The van der Waals surface area contributed by atoms with E-state index in [1.165, 1.54) is 24.3 Å². The fourth-order valence-corrected chi connectivity index (χ4v) is 7.55. The van der Waals surface area contributed by atoms with Crippen molar-refractivity contribution in [2.45, 2.75) is 59.5 Å². The summed E-state index contributed by atoms with van der Waals surface area (Å²) in [5.41, 5.74) is 4.36. The smallest absolute Gasteiger partial charge is 0.409 e. The lowest BCUT2D eigenvalue weighted by Gasteiger charge is -2.29. The summed E-state index contributed by atoms with van der Waals surface area (Å²) in [6.45, 7) is 10.8. The Hall–Kier alpha value is -5.62. The number of thioether (sulfide) groups is 1. The summed E-state index contributed by atoms with van der Waals surface area (Å²) < 4.78 is 47.7. The van der Waals surface area contributed by atoms with Crippen LogP contribution >= 0.6 is 11.8 Å². The van der Waals surface area contributed by atoms with Gasteiger partial charge in [0.05, 0.1) is 18.6 Å². The molecule has 0 fully saturated rings. The molecule has 2 N–H and O–H groups in total. The van der Waals surface area contributed by atoms with Gasteiger partial charge in [0.1, 0.15) is 24.0 Å². The van der Waals surface area contributed by atoms with Crippen molar-refractivity contribution in [3.63, 3.8) is 0 Å². The third kappa shape index (κ3) is 10.6. The molecule has 0 saturated carbocycles. The van der Waals surface area contributed by atoms with Gasteiger partial charge in [0.15, 0.2) is 11.6 Å².